The van der Waals surface area contributed by atoms with Crippen LogP contribution in [0.4, 0.5) is 5.69 Å². The number of fused-ring (bicyclic) bond motifs is 1. The highest BCUT2D eigenvalue weighted by molar-refractivity contribution is 7.07. The van der Waals surface area contributed by atoms with E-state index in [0.717, 1.165) is 46.7 Å². The molecule has 0 saturated heterocycles. The largest absolute Gasteiger partial charge is 0.320 e. The maximum Gasteiger partial charge on any atom is 0.276 e. The third-order valence-corrected chi connectivity index (χ3v) is 5.34. The zero-order chi connectivity index (χ0) is 18.6. The van der Waals surface area contributed by atoms with Crippen molar-refractivity contribution in [1.29, 1.82) is 0 Å². The lowest BCUT2D eigenvalue weighted by Gasteiger charge is -2.07. The number of hydrogen-bond donors (Lipinski definition) is 1. The quantitative estimate of drug-likeness (QED) is 0.664. The maximum atomic E-state index is 12.2. The maximum absolute atomic E-state index is 12.2. The van der Waals surface area contributed by atoms with Crippen LogP contribution in [0, 0.1) is 0 Å². The average molecular weight is 376 g/mol. The average Bonchev–Trinajstić information content (AvgIpc) is 3.25. The Labute approximate surface area is 161 Å². The molecule has 6 heteroatoms. The van der Waals surface area contributed by atoms with E-state index in [9.17, 15) is 4.79 Å². The SMILES string of the molecule is CCCCn1c(-c2ccccc2)cs/c1=N/N=C1\C(=O)Nc2ccccc21. The van der Waals surface area contributed by atoms with Crippen LogP contribution in [0.5, 0.6) is 0 Å². The number of anilines is 1. The molecule has 1 amide bonds. The van der Waals surface area contributed by atoms with E-state index < -0.39 is 0 Å². The Morgan fingerprint density at radius 3 is 2.63 bits per heavy atom. The molecule has 0 aliphatic carbocycles. The Morgan fingerprint density at radius 1 is 1.04 bits per heavy atom. The minimum absolute atomic E-state index is 0.208. The van der Waals surface area contributed by atoms with Gasteiger partial charge in [0.05, 0.1) is 11.4 Å². The van der Waals surface area contributed by atoms with Crippen molar-refractivity contribution >= 4 is 28.6 Å². The topological polar surface area (TPSA) is 58.8 Å². The zero-order valence-electron chi connectivity index (χ0n) is 15.1. The number of nitrogens with zero attached hydrogens (tertiary/aromatic N) is 3. The van der Waals surface area contributed by atoms with Gasteiger partial charge in [-0.3, -0.25) is 4.79 Å². The number of carbonyl (C=O) groups is 1. The second kappa shape index (κ2) is 7.72. The molecule has 27 heavy (non-hydrogen) atoms. The Morgan fingerprint density at radius 2 is 1.81 bits per heavy atom. The van der Waals surface area contributed by atoms with E-state index >= 15 is 0 Å². The summed E-state index contributed by atoms with van der Waals surface area (Å²) in [6.07, 6.45) is 2.16. The van der Waals surface area contributed by atoms with Crippen LogP contribution in [0.1, 0.15) is 25.3 Å². The molecule has 0 fully saturated rings. The molecular weight excluding hydrogens is 356 g/mol. The highest BCUT2D eigenvalue weighted by Gasteiger charge is 2.25. The summed E-state index contributed by atoms with van der Waals surface area (Å²) in [6.45, 7) is 3.04. The van der Waals surface area contributed by atoms with Gasteiger partial charge in [0.15, 0.2) is 5.71 Å². The summed E-state index contributed by atoms with van der Waals surface area (Å²) in [5, 5.41) is 13.7. The van der Waals surface area contributed by atoms with Gasteiger partial charge in [-0.1, -0.05) is 61.9 Å². The number of rotatable bonds is 5. The molecule has 3 aromatic rings. The molecule has 0 spiro atoms. The number of nitrogens with one attached hydrogen (secondary N) is 1. The zero-order valence-corrected chi connectivity index (χ0v) is 15.9. The van der Waals surface area contributed by atoms with Gasteiger partial charge in [0.25, 0.3) is 5.91 Å². The third kappa shape index (κ3) is 3.48. The van der Waals surface area contributed by atoms with Gasteiger partial charge in [-0.25, -0.2) is 0 Å². The molecule has 0 atom stereocenters. The minimum atomic E-state index is -0.208. The van der Waals surface area contributed by atoms with Gasteiger partial charge in [0, 0.05) is 17.5 Å². The van der Waals surface area contributed by atoms with Crippen molar-refractivity contribution in [3.8, 4) is 11.3 Å². The Bertz CT molecular complexity index is 1060. The van der Waals surface area contributed by atoms with Gasteiger partial charge in [0.1, 0.15) is 0 Å². The van der Waals surface area contributed by atoms with Gasteiger partial charge < -0.3 is 9.88 Å². The fraction of sp³-hybridized carbons (Fsp3) is 0.190. The molecule has 0 radical (unpaired) electrons. The molecule has 2 heterocycles. The number of hydrogen-bond acceptors (Lipinski definition) is 4. The summed E-state index contributed by atoms with van der Waals surface area (Å²) >= 11 is 1.54. The van der Waals surface area contributed by atoms with E-state index in [0.29, 0.717) is 5.71 Å². The normalized spacial score (nSPS) is 15.2. The molecular formula is C21H20N4OS. The molecule has 0 unspecified atom stereocenters. The second-order valence-corrected chi connectivity index (χ2v) is 7.16. The van der Waals surface area contributed by atoms with Gasteiger partial charge in [0.2, 0.25) is 4.80 Å². The van der Waals surface area contributed by atoms with Gasteiger partial charge >= 0.3 is 0 Å². The van der Waals surface area contributed by atoms with Crippen molar-refractivity contribution < 1.29 is 4.79 Å². The molecule has 136 valence electrons. The fourth-order valence-corrected chi connectivity index (χ4v) is 3.96. The first kappa shape index (κ1) is 17.4. The van der Waals surface area contributed by atoms with Crippen molar-refractivity contribution in [1.82, 2.24) is 4.57 Å². The molecule has 1 aliphatic heterocycles. The summed E-state index contributed by atoms with van der Waals surface area (Å²) in [4.78, 5) is 13.0. The fourth-order valence-electron chi connectivity index (χ4n) is 3.08. The summed E-state index contributed by atoms with van der Waals surface area (Å²) in [7, 11) is 0. The molecule has 1 N–H and O–H groups in total. The van der Waals surface area contributed by atoms with Crippen molar-refractivity contribution in [2.45, 2.75) is 26.3 Å². The second-order valence-electron chi connectivity index (χ2n) is 6.32. The number of benzene rings is 2. The Hall–Kier alpha value is -2.99. The number of amides is 1. The van der Waals surface area contributed by atoms with E-state index in [-0.39, 0.29) is 5.91 Å². The Balaban J connectivity index is 1.78. The molecule has 4 rings (SSSR count). The van der Waals surface area contributed by atoms with Gasteiger partial charge in [-0.05, 0) is 18.1 Å². The third-order valence-electron chi connectivity index (χ3n) is 4.48. The van der Waals surface area contributed by atoms with E-state index in [1.54, 1.807) is 11.3 Å². The number of carbonyl (C=O) groups excluding carboxylic acids is 1. The van der Waals surface area contributed by atoms with Crippen LogP contribution in [0.2, 0.25) is 0 Å². The summed E-state index contributed by atoms with van der Waals surface area (Å²) in [5.41, 5.74) is 4.23. The molecule has 1 aliphatic rings. The predicted molar refractivity (Wildman–Crippen MR) is 110 cm³/mol. The van der Waals surface area contributed by atoms with Crippen LogP contribution in [-0.4, -0.2) is 16.2 Å². The molecule has 0 bridgehead atoms. The van der Waals surface area contributed by atoms with Crippen molar-refractivity contribution in [2.75, 3.05) is 5.32 Å². The lowest BCUT2D eigenvalue weighted by molar-refractivity contribution is -0.110. The number of para-hydroxylation sites is 1. The first-order chi connectivity index (χ1) is 13.3. The van der Waals surface area contributed by atoms with Crippen LogP contribution < -0.4 is 10.1 Å². The monoisotopic (exact) mass is 376 g/mol. The first-order valence-corrected chi connectivity index (χ1v) is 9.92. The van der Waals surface area contributed by atoms with E-state index in [1.165, 1.54) is 0 Å². The number of unbranched alkanes of at least 4 members (excludes halogenated alkanes) is 1. The van der Waals surface area contributed by atoms with Gasteiger partial charge in [-0.15, -0.1) is 21.5 Å². The highest BCUT2D eigenvalue weighted by atomic mass is 32.1. The lowest BCUT2D eigenvalue weighted by atomic mass is 10.1. The molecule has 2 aromatic carbocycles. The van der Waals surface area contributed by atoms with Crippen molar-refractivity contribution in [3.05, 3.63) is 70.3 Å². The van der Waals surface area contributed by atoms with E-state index in [4.69, 9.17) is 0 Å². The van der Waals surface area contributed by atoms with Crippen molar-refractivity contribution in [2.24, 2.45) is 10.2 Å². The summed E-state index contributed by atoms with van der Waals surface area (Å²) < 4.78 is 2.19. The first-order valence-electron chi connectivity index (χ1n) is 9.04. The van der Waals surface area contributed by atoms with Crippen molar-refractivity contribution in [3.63, 3.8) is 0 Å². The smallest absolute Gasteiger partial charge is 0.276 e. The Kier molecular flexibility index (Phi) is 4.98. The van der Waals surface area contributed by atoms with Crippen LogP contribution in [-0.2, 0) is 11.3 Å². The minimum Gasteiger partial charge on any atom is -0.320 e. The molecule has 0 saturated carbocycles. The van der Waals surface area contributed by atoms with Crippen LogP contribution >= 0.6 is 11.3 Å². The summed E-state index contributed by atoms with van der Waals surface area (Å²) in [6, 6.07) is 17.8. The van der Waals surface area contributed by atoms with Crippen LogP contribution in [0.3, 0.4) is 0 Å². The predicted octanol–water partition coefficient (Wildman–Crippen LogP) is 4.27. The van der Waals surface area contributed by atoms with Crippen LogP contribution in [0.15, 0.2) is 70.2 Å². The van der Waals surface area contributed by atoms with E-state index in [2.05, 4.69) is 44.5 Å². The summed E-state index contributed by atoms with van der Waals surface area (Å²) in [5.74, 6) is -0.208. The number of thiazole rings is 1. The molecule has 1 aromatic heterocycles. The van der Waals surface area contributed by atoms with Crippen LogP contribution in [0.25, 0.3) is 11.3 Å². The number of aromatic nitrogens is 1. The lowest BCUT2D eigenvalue weighted by Crippen LogP contribution is -2.17. The highest BCUT2D eigenvalue weighted by Crippen LogP contribution is 2.23. The standard InChI is InChI=1S/C21H20N4OS/c1-2-3-13-25-18(15-9-5-4-6-10-15)14-27-21(25)24-23-19-16-11-7-8-12-17(16)22-20(19)26/h4-12,14H,2-3,13H2,1H3,(H,22,23,26)/b24-21+. The van der Waals surface area contributed by atoms with E-state index in [1.807, 2.05) is 42.5 Å². The van der Waals surface area contributed by atoms with Gasteiger partial charge in [-0.2, -0.15) is 0 Å². The molecule has 5 nitrogen and oxygen atoms in total.